The summed E-state index contributed by atoms with van der Waals surface area (Å²) < 4.78 is 10.5. The third kappa shape index (κ3) is 1.67. The molecule has 0 aliphatic heterocycles. The molecule has 1 aromatic carbocycles. The van der Waals surface area contributed by atoms with Gasteiger partial charge in [-0.05, 0) is 37.5 Å². The van der Waals surface area contributed by atoms with Gasteiger partial charge in [0.1, 0.15) is 11.5 Å². The van der Waals surface area contributed by atoms with E-state index in [2.05, 4.69) is 0 Å². The predicted molar refractivity (Wildman–Crippen MR) is 57.4 cm³/mol. The van der Waals surface area contributed by atoms with E-state index in [0.29, 0.717) is 0 Å². The van der Waals surface area contributed by atoms with Gasteiger partial charge in [0.2, 0.25) is 0 Å². The highest BCUT2D eigenvalue weighted by atomic mass is 16.5. The third-order valence-corrected chi connectivity index (χ3v) is 2.94. The Morgan fingerprint density at radius 1 is 1.13 bits per heavy atom. The minimum absolute atomic E-state index is 0.688. The van der Waals surface area contributed by atoms with E-state index in [4.69, 9.17) is 9.47 Å². The van der Waals surface area contributed by atoms with Crippen molar-refractivity contribution in [2.75, 3.05) is 14.2 Å². The van der Waals surface area contributed by atoms with E-state index in [1.807, 2.05) is 19.1 Å². The van der Waals surface area contributed by atoms with Crippen molar-refractivity contribution in [2.45, 2.75) is 25.4 Å². The molecule has 82 valence electrons. The van der Waals surface area contributed by atoms with Gasteiger partial charge in [0.15, 0.2) is 0 Å². The van der Waals surface area contributed by atoms with Gasteiger partial charge < -0.3 is 14.6 Å². The maximum atomic E-state index is 10.1. The van der Waals surface area contributed by atoms with Crippen LogP contribution in [-0.4, -0.2) is 19.3 Å². The lowest BCUT2D eigenvalue weighted by atomic mass is 10.0. The monoisotopic (exact) mass is 208 g/mol. The molecule has 2 rings (SSSR count). The maximum absolute atomic E-state index is 10.1. The Balaban J connectivity index is 2.51. The standard InChI is InChI=1S/C12H16O3/c1-8-6-11(15-3)9(7-10(8)14-2)12(13)4-5-12/h6-7,13H,4-5H2,1-3H3. The van der Waals surface area contributed by atoms with Gasteiger partial charge in [0.05, 0.1) is 19.8 Å². The zero-order valence-corrected chi connectivity index (χ0v) is 9.33. The molecule has 0 bridgehead atoms. The summed E-state index contributed by atoms with van der Waals surface area (Å²) in [6.45, 7) is 1.96. The van der Waals surface area contributed by atoms with Crippen LogP contribution in [0.15, 0.2) is 12.1 Å². The van der Waals surface area contributed by atoms with Crippen LogP contribution in [0.25, 0.3) is 0 Å². The van der Waals surface area contributed by atoms with Gasteiger partial charge in [-0.15, -0.1) is 0 Å². The molecule has 0 atom stereocenters. The quantitative estimate of drug-likeness (QED) is 0.825. The van der Waals surface area contributed by atoms with Crippen molar-refractivity contribution >= 4 is 0 Å². The summed E-state index contributed by atoms with van der Waals surface area (Å²) in [7, 11) is 3.26. The van der Waals surface area contributed by atoms with E-state index in [0.717, 1.165) is 35.5 Å². The second-order valence-corrected chi connectivity index (χ2v) is 4.05. The maximum Gasteiger partial charge on any atom is 0.125 e. The number of hydrogen-bond acceptors (Lipinski definition) is 3. The van der Waals surface area contributed by atoms with Crippen LogP contribution in [0.5, 0.6) is 11.5 Å². The van der Waals surface area contributed by atoms with Crippen molar-refractivity contribution in [3.63, 3.8) is 0 Å². The van der Waals surface area contributed by atoms with Crippen LogP contribution < -0.4 is 9.47 Å². The van der Waals surface area contributed by atoms with Crippen LogP contribution in [-0.2, 0) is 5.60 Å². The smallest absolute Gasteiger partial charge is 0.125 e. The molecule has 0 radical (unpaired) electrons. The summed E-state index contributed by atoms with van der Waals surface area (Å²) in [5, 5.41) is 10.1. The third-order valence-electron chi connectivity index (χ3n) is 2.94. The fraction of sp³-hybridized carbons (Fsp3) is 0.500. The molecule has 0 unspecified atom stereocenters. The van der Waals surface area contributed by atoms with Crippen LogP contribution in [0.3, 0.4) is 0 Å². The Hall–Kier alpha value is -1.22. The van der Waals surface area contributed by atoms with Gasteiger partial charge >= 0.3 is 0 Å². The molecular weight excluding hydrogens is 192 g/mol. The van der Waals surface area contributed by atoms with Gasteiger partial charge in [0, 0.05) is 5.56 Å². The number of ether oxygens (including phenoxy) is 2. The highest BCUT2D eigenvalue weighted by molar-refractivity contribution is 5.50. The first kappa shape index (κ1) is 10.3. The zero-order valence-electron chi connectivity index (χ0n) is 9.33. The Morgan fingerprint density at radius 3 is 2.20 bits per heavy atom. The SMILES string of the molecule is COc1cc(C2(O)CC2)c(OC)cc1C. The Labute approximate surface area is 89.6 Å². The van der Waals surface area contributed by atoms with Crippen molar-refractivity contribution in [2.24, 2.45) is 0 Å². The Kier molecular flexibility index (Phi) is 2.35. The van der Waals surface area contributed by atoms with Gasteiger partial charge in [-0.3, -0.25) is 0 Å². The van der Waals surface area contributed by atoms with Crippen LogP contribution in [0.2, 0.25) is 0 Å². The van der Waals surface area contributed by atoms with E-state index in [1.165, 1.54) is 0 Å². The average Bonchev–Trinajstić information content (AvgIpc) is 2.97. The molecule has 0 heterocycles. The lowest BCUT2D eigenvalue weighted by Gasteiger charge is -2.16. The van der Waals surface area contributed by atoms with E-state index >= 15 is 0 Å². The second-order valence-electron chi connectivity index (χ2n) is 4.05. The molecule has 1 aliphatic carbocycles. The fourth-order valence-corrected chi connectivity index (χ4v) is 1.80. The van der Waals surface area contributed by atoms with E-state index in [1.54, 1.807) is 14.2 Å². The minimum atomic E-state index is -0.688. The van der Waals surface area contributed by atoms with Crippen molar-refractivity contribution in [3.05, 3.63) is 23.3 Å². The number of aliphatic hydroxyl groups is 1. The summed E-state index contributed by atoms with van der Waals surface area (Å²) in [5.74, 6) is 1.54. The van der Waals surface area contributed by atoms with Crippen molar-refractivity contribution in [3.8, 4) is 11.5 Å². The molecule has 1 saturated carbocycles. The largest absolute Gasteiger partial charge is 0.496 e. The van der Waals surface area contributed by atoms with Gasteiger partial charge in [-0.25, -0.2) is 0 Å². The van der Waals surface area contributed by atoms with Gasteiger partial charge in [0.25, 0.3) is 0 Å². The zero-order chi connectivity index (χ0) is 11.1. The van der Waals surface area contributed by atoms with E-state index in [9.17, 15) is 5.11 Å². The number of methoxy groups -OCH3 is 2. The molecule has 3 nitrogen and oxygen atoms in total. The van der Waals surface area contributed by atoms with Crippen LogP contribution in [0, 0.1) is 6.92 Å². The summed E-state index contributed by atoms with van der Waals surface area (Å²) in [4.78, 5) is 0. The highest BCUT2D eigenvalue weighted by Gasteiger charge is 2.44. The van der Waals surface area contributed by atoms with Crippen molar-refractivity contribution in [1.82, 2.24) is 0 Å². The molecule has 1 fully saturated rings. The Morgan fingerprint density at radius 2 is 1.73 bits per heavy atom. The number of benzene rings is 1. The normalized spacial score (nSPS) is 17.3. The molecule has 0 aromatic heterocycles. The van der Waals surface area contributed by atoms with Crippen molar-refractivity contribution in [1.29, 1.82) is 0 Å². The second kappa shape index (κ2) is 3.42. The fourth-order valence-electron chi connectivity index (χ4n) is 1.80. The van der Waals surface area contributed by atoms with E-state index in [-0.39, 0.29) is 0 Å². The number of hydrogen-bond donors (Lipinski definition) is 1. The topological polar surface area (TPSA) is 38.7 Å². The molecular formula is C12H16O3. The van der Waals surface area contributed by atoms with Gasteiger partial charge in [-0.2, -0.15) is 0 Å². The molecule has 1 aromatic rings. The molecule has 0 spiro atoms. The number of aryl methyl sites for hydroxylation is 1. The summed E-state index contributed by atoms with van der Waals surface area (Å²) in [6, 6.07) is 3.78. The first-order valence-electron chi connectivity index (χ1n) is 5.06. The number of rotatable bonds is 3. The van der Waals surface area contributed by atoms with E-state index < -0.39 is 5.60 Å². The average molecular weight is 208 g/mol. The molecule has 0 saturated heterocycles. The molecule has 1 aliphatic rings. The molecule has 15 heavy (non-hydrogen) atoms. The Bertz CT molecular complexity index is 381. The van der Waals surface area contributed by atoms with Crippen LogP contribution in [0.4, 0.5) is 0 Å². The first-order chi connectivity index (χ1) is 7.10. The summed E-state index contributed by atoms with van der Waals surface area (Å²) in [6.07, 6.45) is 1.60. The molecule has 1 N–H and O–H groups in total. The molecule has 0 amide bonds. The van der Waals surface area contributed by atoms with Crippen molar-refractivity contribution < 1.29 is 14.6 Å². The lowest BCUT2D eigenvalue weighted by Crippen LogP contribution is -2.07. The summed E-state index contributed by atoms with van der Waals surface area (Å²) in [5.41, 5.74) is 1.17. The predicted octanol–water partition coefficient (Wildman–Crippen LogP) is 1.99. The summed E-state index contributed by atoms with van der Waals surface area (Å²) >= 11 is 0. The van der Waals surface area contributed by atoms with Crippen LogP contribution >= 0.6 is 0 Å². The molecule has 3 heteroatoms. The highest BCUT2D eigenvalue weighted by Crippen LogP contribution is 2.50. The van der Waals surface area contributed by atoms with Gasteiger partial charge in [-0.1, -0.05) is 0 Å². The first-order valence-corrected chi connectivity index (χ1v) is 5.06. The van der Waals surface area contributed by atoms with Crippen LogP contribution in [0.1, 0.15) is 24.0 Å². The minimum Gasteiger partial charge on any atom is -0.496 e. The lowest BCUT2D eigenvalue weighted by molar-refractivity contribution is 0.147.